The Morgan fingerprint density at radius 2 is 2.00 bits per heavy atom. The molecule has 0 aromatic carbocycles. The van der Waals surface area contributed by atoms with Crippen molar-refractivity contribution < 1.29 is 17.6 Å². The molecule has 1 aliphatic rings. The molecule has 0 amide bonds. The number of nitrogens with two attached hydrogens (primary N) is 1. The molecule has 4 atom stereocenters. The molecule has 1 saturated heterocycles. The number of piperidine rings is 1. The number of alkyl halides is 4. The van der Waals surface area contributed by atoms with Crippen molar-refractivity contribution in [2.45, 2.75) is 30.0 Å². The van der Waals surface area contributed by atoms with Gasteiger partial charge in [-0.1, -0.05) is 6.92 Å². The Morgan fingerprint density at radius 3 is 2.50 bits per heavy atom. The zero-order valence-corrected chi connectivity index (χ0v) is 8.33. The molecule has 0 aromatic rings. The minimum absolute atomic E-state index is 0.143. The van der Waals surface area contributed by atoms with Crippen molar-refractivity contribution >= 4 is 11.8 Å². The van der Waals surface area contributed by atoms with E-state index in [0.29, 0.717) is 6.54 Å². The average molecular weight is 232 g/mol. The summed E-state index contributed by atoms with van der Waals surface area (Å²) in [5.74, 6) is -0.143. The van der Waals surface area contributed by atoms with E-state index >= 15 is 0 Å². The molecule has 7 heteroatoms. The maximum absolute atomic E-state index is 13.3. The van der Waals surface area contributed by atoms with Gasteiger partial charge in [0.25, 0.3) is 0 Å². The average Bonchev–Trinajstić information content (AvgIpc) is 2.04. The van der Waals surface area contributed by atoms with E-state index in [1.54, 1.807) is 6.92 Å². The molecule has 0 radical (unpaired) electrons. The van der Waals surface area contributed by atoms with Gasteiger partial charge in [0.2, 0.25) is 0 Å². The summed E-state index contributed by atoms with van der Waals surface area (Å²) in [5, 5.41) is 1.22. The first-order chi connectivity index (χ1) is 6.31. The normalized spacial score (nSPS) is 39.9. The lowest BCUT2D eigenvalue weighted by Gasteiger charge is -2.36. The first-order valence-electron chi connectivity index (χ1n) is 4.19. The summed E-state index contributed by atoms with van der Waals surface area (Å²) in [6.07, 6.45) is -1.66. The number of hydrogen-bond donors (Lipinski definition) is 2. The monoisotopic (exact) mass is 232 g/mol. The van der Waals surface area contributed by atoms with Gasteiger partial charge in [-0.15, -0.1) is 0 Å². The van der Waals surface area contributed by atoms with Crippen LogP contribution >= 0.6 is 11.8 Å². The Morgan fingerprint density at radius 1 is 1.43 bits per heavy atom. The van der Waals surface area contributed by atoms with Crippen LogP contribution in [0.3, 0.4) is 0 Å². The molecule has 3 N–H and O–H groups in total. The molecule has 1 heterocycles. The Bertz CT molecular complexity index is 199. The van der Waals surface area contributed by atoms with E-state index < -0.39 is 23.1 Å². The minimum Gasteiger partial charge on any atom is -0.325 e. The van der Waals surface area contributed by atoms with Crippen molar-refractivity contribution in [3.8, 4) is 0 Å². The van der Waals surface area contributed by atoms with E-state index in [9.17, 15) is 17.6 Å². The van der Waals surface area contributed by atoms with Crippen LogP contribution in [0.25, 0.3) is 0 Å². The lowest BCUT2D eigenvalue weighted by molar-refractivity contribution is -0.0347. The fraction of sp³-hybridized carbons (Fsp3) is 1.00. The van der Waals surface area contributed by atoms with Crippen LogP contribution < -0.4 is 11.1 Å². The zero-order chi connectivity index (χ0) is 10.9. The highest BCUT2D eigenvalue weighted by Gasteiger charge is 2.42. The van der Waals surface area contributed by atoms with Gasteiger partial charge in [0.05, 0.1) is 5.37 Å². The number of thioether (sulfide) groups is 1. The highest BCUT2D eigenvalue weighted by atomic mass is 32.2. The first kappa shape index (κ1) is 12.1. The molecule has 0 bridgehead atoms. The van der Waals surface area contributed by atoms with E-state index in [1.807, 2.05) is 0 Å². The van der Waals surface area contributed by atoms with E-state index in [-0.39, 0.29) is 17.7 Å². The number of hydrogen-bond acceptors (Lipinski definition) is 3. The van der Waals surface area contributed by atoms with Gasteiger partial charge < -0.3 is 11.1 Å². The van der Waals surface area contributed by atoms with E-state index in [0.717, 1.165) is 0 Å². The smallest absolute Gasteiger partial charge is 0.325 e. The van der Waals surface area contributed by atoms with Crippen LogP contribution in [0.15, 0.2) is 0 Å². The SMILES string of the molecule is CC1CNC(SC(F)(F)F)C(F)C1N. The molecule has 0 aromatic heterocycles. The maximum Gasteiger partial charge on any atom is 0.443 e. The summed E-state index contributed by atoms with van der Waals surface area (Å²) in [4.78, 5) is 0. The summed E-state index contributed by atoms with van der Waals surface area (Å²) >= 11 is -0.375. The third-order valence-electron chi connectivity index (χ3n) is 2.22. The van der Waals surface area contributed by atoms with Gasteiger partial charge in [0.15, 0.2) is 0 Å². The van der Waals surface area contributed by atoms with Crippen molar-refractivity contribution in [3.63, 3.8) is 0 Å². The predicted octanol–water partition coefficient (Wildman–Crippen LogP) is 1.47. The van der Waals surface area contributed by atoms with Crippen LogP contribution in [0.2, 0.25) is 0 Å². The molecule has 2 nitrogen and oxygen atoms in total. The largest absolute Gasteiger partial charge is 0.443 e. The summed E-state index contributed by atoms with van der Waals surface area (Å²) in [5.41, 5.74) is 1.01. The first-order valence-corrected chi connectivity index (χ1v) is 5.07. The highest BCUT2D eigenvalue weighted by molar-refractivity contribution is 8.00. The number of nitrogens with one attached hydrogen (secondary N) is 1. The molecule has 4 unspecified atom stereocenters. The molecule has 0 aliphatic carbocycles. The molecule has 0 saturated carbocycles. The van der Waals surface area contributed by atoms with Crippen LogP contribution in [-0.2, 0) is 0 Å². The van der Waals surface area contributed by atoms with Crippen molar-refractivity contribution in [1.29, 1.82) is 0 Å². The van der Waals surface area contributed by atoms with Crippen molar-refractivity contribution in [2.24, 2.45) is 11.7 Å². The van der Waals surface area contributed by atoms with Gasteiger partial charge in [0, 0.05) is 12.6 Å². The van der Waals surface area contributed by atoms with Crippen LogP contribution in [0.5, 0.6) is 0 Å². The van der Waals surface area contributed by atoms with Crippen LogP contribution in [0.4, 0.5) is 17.6 Å². The van der Waals surface area contributed by atoms with Crippen molar-refractivity contribution in [3.05, 3.63) is 0 Å². The highest BCUT2D eigenvalue weighted by Crippen LogP contribution is 2.37. The Hall–Kier alpha value is -0.0100. The Balaban J connectivity index is 2.55. The van der Waals surface area contributed by atoms with E-state index in [1.165, 1.54) is 0 Å². The molecule has 1 rings (SSSR count). The standard InChI is InChI=1S/C7H12F4N2S/c1-3-2-13-6(4(8)5(3)12)14-7(9,10)11/h3-6,13H,2,12H2,1H3. The Kier molecular flexibility index (Phi) is 3.65. The van der Waals surface area contributed by atoms with Gasteiger partial charge in [0.1, 0.15) is 6.17 Å². The van der Waals surface area contributed by atoms with Gasteiger partial charge in [-0.2, -0.15) is 13.2 Å². The van der Waals surface area contributed by atoms with Gasteiger partial charge in [-0.05, 0) is 17.7 Å². The van der Waals surface area contributed by atoms with Crippen LogP contribution in [-0.4, -0.2) is 29.6 Å². The molecule has 14 heavy (non-hydrogen) atoms. The summed E-state index contributed by atoms with van der Waals surface area (Å²) in [7, 11) is 0. The molecular weight excluding hydrogens is 220 g/mol. The lowest BCUT2D eigenvalue weighted by atomic mass is 9.95. The quantitative estimate of drug-likeness (QED) is 0.672. The summed E-state index contributed by atoms with van der Waals surface area (Å²) in [6.45, 7) is 2.02. The second-order valence-electron chi connectivity index (χ2n) is 3.39. The topological polar surface area (TPSA) is 38.0 Å². The lowest BCUT2D eigenvalue weighted by Crippen LogP contribution is -2.57. The molecule has 0 spiro atoms. The van der Waals surface area contributed by atoms with Crippen molar-refractivity contribution in [1.82, 2.24) is 5.32 Å². The maximum atomic E-state index is 13.3. The second-order valence-corrected chi connectivity index (χ2v) is 4.60. The van der Waals surface area contributed by atoms with E-state index in [4.69, 9.17) is 5.73 Å². The number of rotatable bonds is 1. The minimum atomic E-state index is -4.43. The fourth-order valence-corrected chi connectivity index (χ4v) is 2.10. The van der Waals surface area contributed by atoms with Gasteiger partial charge in [-0.3, -0.25) is 0 Å². The third-order valence-corrected chi connectivity index (χ3v) is 3.16. The van der Waals surface area contributed by atoms with Crippen LogP contribution in [0.1, 0.15) is 6.92 Å². The third kappa shape index (κ3) is 2.99. The zero-order valence-electron chi connectivity index (χ0n) is 7.51. The van der Waals surface area contributed by atoms with Crippen molar-refractivity contribution in [2.75, 3.05) is 6.54 Å². The predicted molar refractivity (Wildman–Crippen MR) is 47.5 cm³/mol. The van der Waals surface area contributed by atoms with Gasteiger partial charge in [-0.25, -0.2) is 4.39 Å². The second kappa shape index (κ2) is 4.24. The summed E-state index contributed by atoms with van der Waals surface area (Å²) in [6, 6.07) is -0.823. The molecule has 1 aliphatic heterocycles. The van der Waals surface area contributed by atoms with Gasteiger partial charge >= 0.3 is 5.51 Å². The molecule has 1 fully saturated rings. The number of halogens is 4. The van der Waals surface area contributed by atoms with Crippen LogP contribution in [0, 0.1) is 5.92 Å². The molecular formula is C7H12F4N2S. The summed E-state index contributed by atoms with van der Waals surface area (Å²) < 4.78 is 49.2. The fourth-order valence-electron chi connectivity index (χ4n) is 1.32. The Labute approximate surface area is 83.6 Å². The van der Waals surface area contributed by atoms with E-state index in [2.05, 4.69) is 5.32 Å². The molecule has 84 valence electrons.